The van der Waals surface area contributed by atoms with Crippen molar-refractivity contribution < 1.29 is 14.2 Å². The zero-order chi connectivity index (χ0) is 20.6. The van der Waals surface area contributed by atoms with E-state index in [9.17, 15) is 0 Å². The van der Waals surface area contributed by atoms with E-state index in [1.165, 1.54) is 5.56 Å². The quantitative estimate of drug-likeness (QED) is 0.459. The molecule has 152 valence electrons. The Morgan fingerprint density at radius 2 is 1.62 bits per heavy atom. The second-order valence-electron chi connectivity index (χ2n) is 6.42. The normalized spacial score (nSPS) is 10.6. The number of hydrogen-bond acceptors (Lipinski definition) is 4. The van der Waals surface area contributed by atoms with E-state index in [0.29, 0.717) is 34.7 Å². The molecule has 4 nitrogen and oxygen atoms in total. The Kier molecular flexibility index (Phi) is 7.64. The van der Waals surface area contributed by atoms with Crippen molar-refractivity contribution in [1.29, 1.82) is 0 Å². The molecule has 0 fully saturated rings. The first-order valence-corrected chi connectivity index (χ1v) is 9.92. The first-order valence-electron chi connectivity index (χ1n) is 9.17. The van der Waals surface area contributed by atoms with Gasteiger partial charge in [-0.25, -0.2) is 0 Å². The Morgan fingerprint density at radius 1 is 0.828 bits per heavy atom. The lowest BCUT2D eigenvalue weighted by atomic mass is 10.1. The van der Waals surface area contributed by atoms with Crippen molar-refractivity contribution in [2.75, 3.05) is 14.2 Å². The fourth-order valence-electron chi connectivity index (χ4n) is 2.90. The zero-order valence-electron chi connectivity index (χ0n) is 16.4. The standard InChI is InChI=1S/C23H23Cl2NO3/c1-27-20-10-6-16(7-11-20)13-26-14-17-4-3-5-22(28-2)23(17)29-15-18-8-9-19(24)12-21(18)25/h3-12,26H,13-15H2,1-2H3. The summed E-state index contributed by atoms with van der Waals surface area (Å²) < 4.78 is 16.8. The largest absolute Gasteiger partial charge is 0.497 e. The molecule has 3 rings (SSSR count). The van der Waals surface area contributed by atoms with Crippen LogP contribution >= 0.6 is 23.2 Å². The Labute approximate surface area is 181 Å². The second kappa shape index (κ2) is 10.4. The summed E-state index contributed by atoms with van der Waals surface area (Å²) in [7, 11) is 3.29. The molecule has 0 saturated heterocycles. The molecule has 3 aromatic carbocycles. The highest BCUT2D eigenvalue weighted by Crippen LogP contribution is 2.33. The molecule has 0 unspecified atom stereocenters. The lowest BCUT2D eigenvalue weighted by Crippen LogP contribution is -2.14. The third-order valence-electron chi connectivity index (χ3n) is 4.47. The molecule has 0 heterocycles. The molecule has 0 radical (unpaired) electrons. The van der Waals surface area contributed by atoms with Gasteiger partial charge in [-0.2, -0.15) is 0 Å². The van der Waals surface area contributed by atoms with E-state index in [0.717, 1.165) is 23.4 Å². The van der Waals surface area contributed by atoms with Crippen molar-refractivity contribution in [3.05, 3.63) is 87.4 Å². The maximum atomic E-state index is 6.27. The van der Waals surface area contributed by atoms with Crippen LogP contribution in [0, 0.1) is 0 Å². The number of para-hydroxylation sites is 1. The summed E-state index contributed by atoms with van der Waals surface area (Å²) in [5.74, 6) is 2.22. The number of ether oxygens (including phenoxy) is 3. The van der Waals surface area contributed by atoms with E-state index in [4.69, 9.17) is 37.4 Å². The first-order chi connectivity index (χ1) is 14.1. The summed E-state index contributed by atoms with van der Waals surface area (Å²) in [4.78, 5) is 0. The van der Waals surface area contributed by atoms with Gasteiger partial charge in [0, 0.05) is 34.3 Å². The average molecular weight is 432 g/mol. The van der Waals surface area contributed by atoms with Crippen LogP contribution in [0.15, 0.2) is 60.7 Å². The molecule has 1 N–H and O–H groups in total. The number of benzene rings is 3. The number of hydrogen-bond donors (Lipinski definition) is 1. The smallest absolute Gasteiger partial charge is 0.166 e. The van der Waals surface area contributed by atoms with Crippen LogP contribution in [-0.4, -0.2) is 14.2 Å². The van der Waals surface area contributed by atoms with Crippen LogP contribution in [0.25, 0.3) is 0 Å². The molecule has 0 spiro atoms. The van der Waals surface area contributed by atoms with Crippen molar-refractivity contribution in [2.24, 2.45) is 0 Å². The predicted molar refractivity (Wildman–Crippen MR) is 117 cm³/mol. The van der Waals surface area contributed by atoms with Gasteiger partial charge >= 0.3 is 0 Å². The van der Waals surface area contributed by atoms with Gasteiger partial charge < -0.3 is 19.5 Å². The highest BCUT2D eigenvalue weighted by Gasteiger charge is 2.12. The fraction of sp³-hybridized carbons (Fsp3) is 0.217. The average Bonchev–Trinajstić information content (AvgIpc) is 2.74. The molecule has 29 heavy (non-hydrogen) atoms. The van der Waals surface area contributed by atoms with Gasteiger partial charge in [0.25, 0.3) is 0 Å². The fourth-order valence-corrected chi connectivity index (χ4v) is 3.36. The molecule has 3 aromatic rings. The monoisotopic (exact) mass is 431 g/mol. The second-order valence-corrected chi connectivity index (χ2v) is 7.27. The van der Waals surface area contributed by atoms with Crippen LogP contribution in [0.1, 0.15) is 16.7 Å². The summed E-state index contributed by atoms with van der Waals surface area (Å²) in [6.45, 7) is 1.68. The number of nitrogens with one attached hydrogen (secondary N) is 1. The van der Waals surface area contributed by atoms with Crippen LogP contribution in [0.5, 0.6) is 17.2 Å². The van der Waals surface area contributed by atoms with E-state index >= 15 is 0 Å². The van der Waals surface area contributed by atoms with Crippen molar-refractivity contribution >= 4 is 23.2 Å². The first kappa shape index (κ1) is 21.3. The van der Waals surface area contributed by atoms with Crippen molar-refractivity contribution in [2.45, 2.75) is 19.7 Å². The summed E-state index contributed by atoms with van der Waals surface area (Å²) >= 11 is 12.2. The minimum atomic E-state index is 0.321. The van der Waals surface area contributed by atoms with Crippen LogP contribution in [0.3, 0.4) is 0 Å². The maximum absolute atomic E-state index is 6.27. The number of rotatable bonds is 9. The minimum absolute atomic E-state index is 0.321. The molecule has 0 bridgehead atoms. The Bertz CT molecular complexity index is 945. The van der Waals surface area contributed by atoms with E-state index < -0.39 is 0 Å². The predicted octanol–water partition coefficient (Wildman–Crippen LogP) is 5.88. The van der Waals surface area contributed by atoms with Crippen LogP contribution in [0.2, 0.25) is 10.0 Å². The summed E-state index contributed by atoms with van der Waals surface area (Å²) in [5, 5.41) is 4.62. The van der Waals surface area contributed by atoms with Crippen molar-refractivity contribution in [1.82, 2.24) is 5.32 Å². The van der Waals surface area contributed by atoms with Crippen LogP contribution in [-0.2, 0) is 19.7 Å². The topological polar surface area (TPSA) is 39.7 Å². The number of methoxy groups -OCH3 is 2. The Morgan fingerprint density at radius 3 is 2.31 bits per heavy atom. The molecule has 0 saturated carbocycles. The van der Waals surface area contributed by atoms with Gasteiger partial charge in [0.15, 0.2) is 11.5 Å². The van der Waals surface area contributed by atoms with E-state index in [2.05, 4.69) is 5.32 Å². The molecule has 0 aromatic heterocycles. The van der Waals surface area contributed by atoms with E-state index in [1.54, 1.807) is 26.4 Å². The highest BCUT2D eigenvalue weighted by molar-refractivity contribution is 6.35. The molecular weight excluding hydrogens is 409 g/mol. The van der Waals surface area contributed by atoms with Crippen molar-refractivity contribution in [3.8, 4) is 17.2 Å². The van der Waals surface area contributed by atoms with Gasteiger partial charge in [0.2, 0.25) is 0 Å². The van der Waals surface area contributed by atoms with Crippen molar-refractivity contribution in [3.63, 3.8) is 0 Å². The van der Waals surface area contributed by atoms with Gasteiger partial charge in [-0.3, -0.25) is 0 Å². The molecule has 0 aliphatic heterocycles. The van der Waals surface area contributed by atoms with E-state index in [1.807, 2.05) is 48.5 Å². The molecule has 0 atom stereocenters. The number of halogens is 2. The third kappa shape index (κ3) is 5.80. The van der Waals surface area contributed by atoms with Crippen LogP contribution in [0.4, 0.5) is 0 Å². The van der Waals surface area contributed by atoms with Gasteiger partial charge in [-0.05, 0) is 35.9 Å². The van der Waals surface area contributed by atoms with Gasteiger partial charge in [0.05, 0.1) is 14.2 Å². The molecular formula is C23H23Cl2NO3. The minimum Gasteiger partial charge on any atom is -0.497 e. The van der Waals surface area contributed by atoms with Gasteiger partial charge in [-0.1, -0.05) is 53.5 Å². The summed E-state index contributed by atoms with van der Waals surface area (Å²) in [6, 6.07) is 19.2. The zero-order valence-corrected chi connectivity index (χ0v) is 17.9. The Hall–Kier alpha value is -2.40. The highest BCUT2D eigenvalue weighted by atomic mass is 35.5. The molecule has 0 aliphatic rings. The lowest BCUT2D eigenvalue weighted by Gasteiger charge is -2.16. The SMILES string of the molecule is COc1ccc(CNCc2cccc(OC)c2OCc2ccc(Cl)cc2Cl)cc1. The Balaban J connectivity index is 1.68. The molecule has 0 aliphatic carbocycles. The lowest BCUT2D eigenvalue weighted by molar-refractivity contribution is 0.280. The molecule has 6 heteroatoms. The maximum Gasteiger partial charge on any atom is 0.166 e. The van der Waals surface area contributed by atoms with Crippen LogP contribution < -0.4 is 19.5 Å². The molecule has 0 amide bonds. The van der Waals surface area contributed by atoms with Gasteiger partial charge in [-0.15, -0.1) is 0 Å². The third-order valence-corrected chi connectivity index (χ3v) is 5.06. The summed E-state index contributed by atoms with van der Waals surface area (Å²) in [6.07, 6.45) is 0. The van der Waals surface area contributed by atoms with Gasteiger partial charge in [0.1, 0.15) is 12.4 Å². The van der Waals surface area contributed by atoms with E-state index in [-0.39, 0.29) is 0 Å². The summed E-state index contributed by atoms with van der Waals surface area (Å²) in [5.41, 5.74) is 3.03.